The van der Waals surface area contributed by atoms with Gasteiger partial charge in [0.05, 0.1) is 0 Å². The zero-order chi connectivity index (χ0) is 15.9. The number of hydrogen-bond donors (Lipinski definition) is 1. The largest absolute Gasteiger partial charge is 0.444 e. The minimum absolute atomic E-state index is 0.103. The third-order valence-electron chi connectivity index (χ3n) is 5.37. The van der Waals surface area contributed by atoms with Gasteiger partial charge in [-0.05, 0) is 65.2 Å². The molecule has 3 rings (SSSR count). The lowest BCUT2D eigenvalue weighted by molar-refractivity contribution is 0.00462. The smallest absolute Gasteiger partial charge is 0.410 e. The van der Waals surface area contributed by atoms with Gasteiger partial charge < -0.3 is 15.0 Å². The Morgan fingerprint density at radius 1 is 1.18 bits per heavy atom. The number of carbonyl (C=O) groups is 1. The van der Waals surface area contributed by atoms with Crippen molar-refractivity contribution in [3.63, 3.8) is 0 Å². The van der Waals surface area contributed by atoms with Gasteiger partial charge in [-0.15, -0.1) is 0 Å². The Morgan fingerprint density at radius 3 is 2.36 bits per heavy atom. The van der Waals surface area contributed by atoms with Crippen molar-refractivity contribution in [2.45, 2.75) is 102 Å². The van der Waals surface area contributed by atoms with Crippen LogP contribution in [0.2, 0.25) is 0 Å². The SMILES string of the molecule is CCCC1CC1NC1CC2CCC(C1)N2C(=O)OC(C)(C)C. The molecule has 4 heteroatoms. The Labute approximate surface area is 135 Å². The molecular formula is C18H32N2O2. The normalized spacial score (nSPS) is 37.3. The molecule has 2 aliphatic heterocycles. The van der Waals surface area contributed by atoms with Crippen LogP contribution >= 0.6 is 0 Å². The number of amides is 1. The van der Waals surface area contributed by atoms with Crippen molar-refractivity contribution >= 4 is 6.09 Å². The minimum Gasteiger partial charge on any atom is -0.444 e. The van der Waals surface area contributed by atoms with Gasteiger partial charge in [0.25, 0.3) is 0 Å². The van der Waals surface area contributed by atoms with Crippen LogP contribution in [0.25, 0.3) is 0 Å². The standard InChI is InChI=1S/C18H32N2O2/c1-5-6-12-9-16(12)19-13-10-14-7-8-15(11-13)20(14)17(21)22-18(2,3)4/h12-16,19H,5-11H2,1-4H3. The van der Waals surface area contributed by atoms with Crippen molar-refractivity contribution < 1.29 is 9.53 Å². The van der Waals surface area contributed by atoms with Gasteiger partial charge in [-0.25, -0.2) is 4.79 Å². The van der Waals surface area contributed by atoms with Crippen LogP contribution in [-0.2, 0) is 4.74 Å². The highest BCUT2D eigenvalue weighted by molar-refractivity contribution is 5.69. The van der Waals surface area contributed by atoms with E-state index in [0.717, 1.165) is 37.6 Å². The molecule has 4 nitrogen and oxygen atoms in total. The fourth-order valence-corrected chi connectivity index (χ4v) is 4.37. The number of piperidine rings is 1. The predicted molar refractivity (Wildman–Crippen MR) is 87.8 cm³/mol. The van der Waals surface area contributed by atoms with E-state index < -0.39 is 5.60 Å². The summed E-state index contributed by atoms with van der Waals surface area (Å²) in [5.74, 6) is 0.909. The number of rotatable bonds is 4. The molecule has 3 fully saturated rings. The predicted octanol–water partition coefficient (Wildman–Crippen LogP) is 3.70. The summed E-state index contributed by atoms with van der Waals surface area (Å²) in [6.45, 7) is 8.11. The molecule has 2 saturated heterocycles. The van der Waals surface area contributed by atoms with Gasteiger partial charge in [-0.1, -0.05) is 13.3 Å². The lowest BCUT2D eigenvalue weighted by Crippen LogP contribution is -2.53. The van der Waals surface area contributed by atoms with E-state index in [1.54, 1.807) is 0 Å². The molecule has 1 amide bonds. The van der Waals surface area contributed by atoms with E-state index >= 15 is 0 Å². The molecule has 0 radical (unpaired) electrons. The molecule has 1 saturated carbocycles. The first-order chi connectivity index (χ1) is 10.4. The highest BCUT2D eigenvalue weighted by Crippen LogP contribution is 2.40. The molecule has 126 valence electrons. The van der Waals surface area contributed by atoms with Crippen molar-refractivity contribution in [3.05, 3.63) is 0 Å². The molecule has 2 heterocycles. The topological polar surface area (TPSA) is 41.6 Å². The molecule has 4 atom stereocenters. The third kappa shape index (κ3) is 3.58. The maximum absolute atomic E-state index is 12.4. The van der Waals surface area contributed by atoms with Gasteiger partial charge >= 0.3 is 6.09 Å². The van der Waals surface area contributed by atoms with Crippen LogP contribution < -0.4 is 5.32 Å². The van der Waals surface area contributed by atoms with Crippen LogP contribution in [0.4, 0.5) is 4.79 Å². The summed E-state index contributed by atoms with van der Waals surface area (Å²) >= 11 is 0. The van der Waals surface area contributed by atoms with Gasteiger partial charge in [0, 0.05) is 24.2 Å². The molecule has 1 N–H and O–H groups in total. The first-order valence-electron chi connectivity index (χ1n) is 9.14. The second kappa shape index (κ2) is 6.03. The van der Waals surface area contributed by atoms with E-state index in [4.69, 9.17) is 4.74 Å². The van der Waals surface area contributed by atoms with E-state index in [9.17, 15) is 4.79 Å². The molecule has 0 spiro atoms. The van der Waals surface area contributed by atoms with Crippen LogP contribution in [0.1, 0.15) is 72.6 Å². The molecule has 22 heavy (non-hydrogen) atoms. The first-order valence-corrected chi connectivity index (χ1v) is 9.14. The van der Waals surface area contributed by atoms with Crippen molar-refractivity contribution in [1.82, 2.24) is 10.2 Å². The summed E-state index contributed by atoms with van der Waals surface area (Å²) in [6.07, 6.45) is 8.41. The fourth-order valence-electron chi connectivity index (χ4n) is 4.37. The first kappa shape index (κ1) is 16.1. The third-order valence-corrected chi connectivity index (χ3v) is 5.37. The van der Waals surface area contributed by atoms with E-state index in [2.05, 4.69) is 12.2 Å². The number of ether oxygens (including phenoxy) is 1. The monoisotopic (exact) mass is 308 g/mol. The maximum atomic E-state index is 12.4. The molecule has 0 aromatic rings. The van der Waals surface area contributed by atoms with Gasteiger partial charge in [-0.2, -0.15) is 0 Å². The minimum atomic E-state index is -0.396. The van der Waals surface area contributed by atoms with Crippen molar-refractivity contribution in [1.29, 1.82) is 0 Å². The second-order valence-electron chi connectivity index (χ2n) is 8.50. The van der Waals surface area contributed by atoms with Crippen molar-refractivity contribution in [2.24, 2.45) is 5.92 Å². The summed E-state index contributed by atoms with van der Waals surface area (Å²) in [4.78, 5) is 14.5. The maximum Gasteiger partial charge on any atom is 0.410 e. The molecular weight excluding hydrogens is 276 g/mol. The summed E-state index contributed by atoms with van der Waals surface area (Å²) in [7, 11) is 0. The molecule has 4 unspecified atom stereocenters. The number of carbonyl (C=O) groups excluding carboxylic acids is 1. The Hall–Kier alpha value is -0.770. The Morgan fingerprint density at radius 2 is 1.82 bits per heavy atom. The van der Waals surface area contributed by atoms with Gasteiger partial charge in [0.15, 0.2) is 0 Å². The highest BCUT2D eigenvalue weighted by atomic mass is 16.6. The number of nitrogens with one attached hydrogen (secondary N) is 1. The van der Waals surface area contributed by atoms with Crippen LogP contribution in [-0.4, -0.2) is 40.8 Å². The summed E-state index contributed by atoms with van der Waals surface area (Å²) < 4.78 is 5.60. The van der Waals surface area contributed by atoms with Crippen molar-refractivity contribution in [3.8, 4) is 0 Å². The lowest BCUT2D eigenvalue weighted by Gasteiger charge is -2.40. The molecule has 2 bridgehead atoms. The second-order valence-corrected chi connectivity index (χ2v) is 8.50. The van der Waals surface area contributed by atoms with Gasteiger partial charge in [0.1, 0.15) is 5.60 Å². The number of hydrogen-bond acceptors (Lipinski definition) is 3. The molecule has 0 aromatic heterocycles. The molecule has 3 aliphatic rings. The Kier molecular flexibility index (Phi) is 4.41. The van der Waals surface area contributed by atoms with E-state index in [1.165, 1.54) is 19.3 Å². The van der Waals surface area contributed by atoms with Crippen LogP contribution in [0.3, 0.4) is 0 Å². The quantitative estimate of drug-likeness (QED) is 0.861. The van der Waals surface area contributed by atoms with Gasteiger partial charge in [0.2, 0.25) is 0 Å². The van der Waals surface area contributed by atoms with E-state index in [-0.39, 0.29) is 6.09 Å². The summed E-state index contributed by atoms with van der Waals surface area (Å²) in [6, 6.07) is 2.12. The lowest BCUT2D eigenvalue weighted by atomic mass is 9.97. The van der Waals surface area contributed by atoms with Crippen LogP contribution in [0.5, 0.6) is 0 Å². The van der Waals surface area contributed by atoms with Crippen molar-refractivity contribution in [2.75, 3.05) is 0 Å². The Bertz CT molecular complexity index is 404. The van der Waals surface area contributed by atoms with E-state index in [0.29, 0.717) is 18.1 Å². The molecule has 0 aromatic carbocycles. The molecule has 1 aliphatic carbocycles. The fraction of sp³-hybridized carbons (Fsp3) is 0.944. The zero-order valence-electron chi connectivity index (χ0n) is 14.6. The van der Waals surface area contributed by atoms with Crippen LogP contribution in [0.15, 0.2) is 0 Å². The average Bonchev–Trinajstić information content (AvgIpc) is 3.05. The van der Waals surface area contributed by atoms with Gasteiger partial charge in [-0.3, -0.25) is 0 Å². The number of nitrogens with zero attached hydrogens (tertiary/aromatic N) is 1. The average molecular weight is 308 g/mol. The summed E-state index contributed by atoms with van der Waals surface area (Å²) in [5, 5.41) is 3.86. The van der Waals surface area contributed by atoms with Crippen LogP contribution in [0, 0.1) is 5.92 Å². The zero-order valence-corrected chi connectivity index (χ0v) is 14.6. The number of fused-ring (bicyclic) bond motifs is 2. The Balaban J connectivity index is 1.52. The summed E-state index contributed by atoms with van der Waals surface area (Å²) in [5.41, 5.74) is -0.396. The highest BCUT2D eigenvalue weighted by Gasteiger charge is 2.46. The van der Waals surface area contributed by atoms with E-state index in [1.807, 2.05) is 25.7 Å².